The van der Waals surface area contributed by atoms with Crippen LogP contribution in [0.2, 0.25) is 0 Å². The van der Waals surface area contributed by atoms with Crippen LogP contribution in [0.5, 0.6) is 0 Å². The highest BCUT2D eigenvalue weighted by Crippen LogP contribution is 2.23. The van der Waals surface area contributed by atoms with E-state index in [1.54, 1.807) is 18.5 Å². The Hall–Kier alpha value is -2.21. The zero-order chi connectivity index (χ0) is 13.0. The Morgan fingerprint density at radius 3 is 3.06 bits per heavy atom. The summed E-state index contributed by atoms with van der Waals surface area (Å²) in [4.78, 5) is 16.2. The van der Waals surface area contributed by atoms with Crippen LogP contribution in [-0.4, -0.2) is 17.1 Å². The van der Waals surface area contributed by atoms with Crippen LogP contribution in [0.25, 0.3) is 0 Å². The van der Waals surface area contributed by atoms with E-state index >= 15 is 0 Å². The van der Waals surface area contributed by atoms with Crippen LogP contribution in [0.4, 0.5) is 5.69 Å². The number of amides is 1. The molecule has 0 aliphatic rings. The smallest absolute Gasteiger partial charge is 0.283 e. The van der Waals surface area contributed by atoms with Crippen molar-refractivity contribution in [2.45, 2.75) is 6.92 Å². The molecule has 2 heterocycles. The van der Waals surface area contributed by atoms with E-state index in [9.17, 15) is 4.79 Å². The molecule has 0 saturated heterocycles. The molecule has 0 aromatic carbocycles. The van der Waals surface area contributed by atoms with Crippen molar-refractivity contribution < 1.29 is 4.79 Å². The van der Waals surface area contributed by atoms with Gasteiger partial charge < -0.3 is 5.73 Å². The second-order valence-corrected chi connectivity index (χ2v) is 4.53. The first-order valence-electron chi connectivity index (χ1n) is 5.25. The summed E-state index contributed by atoms with van der Waals surface area (Å²) in [6.45, 7) is 1.86. The van der Waals surface area contributed by atoms with E-state index < -0.39 is 0 Å². The number of nitrogens with one attached hydrogen (secondary N) is 1. The lowest BCUT2D eigenvalue weighted by atomic mass is 10.3. The predicted octanol–water partition coefficient (Wildman–Crippen LogP) is 1.80. The zero-order valence-corrected chi connectivity index (χ0v) is 10.6. The lowest BCUT2D eigenvalue weighted by Gasteiger charge is -1.98. The Kier molecular flexibility index (Phi) is 3.69. The number of thiophene rings is 1. The van der Waals surface area contributed by atoms with E-state index in [2.05, 4.69) is 15.5 Å². The van der Waals surface area contributed by atoms with E-state index in [0.717, 1.165) is 11.1 Å². The van der Waals surface area contributed by atoms with Crippen molar-refractivity contribution in [3.05, 3.63) is 45.9 Å². The van der Waals surface area contributed by atoms with Crippen molar-refractivity contribution in [1.29, 1.82) is 0 Å². The fraction of sp³-hybridized carbons (Fsp3) is 0.0833. The zero-order valence-electron chi connectivity index (χ0n) is 9.75. The van der Waals surface area contributed by atoms with Gasteiger partial charge in [0.05, 0.1) is 11.9 Å². The molecule has 3 N–H and O–H groups in total. The molecule has 0 spiro atoms. The van der Waals surface area contributed by atoms with Crippen LogP contribution in [0, 0.1) is 6.92 Å². The summed E-state index contributed by atoms with van der Waals surface area (Å²) >= 11 is 1.31. The molecule has 0 aliphatic heterocycles. The largest absolute Gasteiger partial charge is 0.397 e. The summed E-state index contributed by atoms with van der Waals surface area (Å²) in [5, 5.41) is 5.70. The van der Waals surface area contributed by atoms with E-state index in [0.29, 0.717) is 10.6 Å². The van der Waals surface area contributed by atoms with Crippen LogP contribution in [0.3, 0.4) is 0 Å². The average Bonchev–Trinajstić information content (AvgIpc) is 2.71. The molecule has 1 amide bonds. The van der Waals surface area contributed by atoms with Crippen molar-refractivity contribution in [2.75, 3.05) is 5.73 Å². The van der Waals surface area contributed by atoms with E-state index in [4.69, 9.17) is 5.73 Å². The SMILES string of the molecule is Cc1csc(C(=O)N/N=C/c2cccnc2)c1N. The van der Waals surface area contributed by atoms with Crippen LogP contribution in [0.1, 0.15) is 20.8 Å². The number of nitrogens with two attached hydrogens (primary N) is 1. The lowest BCUT2D eigenvalue weighted by Crippen LogP contribution is -2.17. The minimum absolute atomic E-state index is 0.300. The minimum Gasteiger partial charge on any atom is -0.397 e. The maximum Gasteiger partial charge on any atom is 0.283 e. The van der Waals surface area contributed by atoms with Gasteiger partial charge in [-0.3, -0.25) is 9.78 Å². The van der Waals surface area contributed by atoms with E-state index in [1.807, 2.05) is 18.4 Å². The molecule has 0 bridgehead atoms. The van der Waals surface area contributed by atoms with Crippen molar-refractivity contribution in [3.63, 3.8) is 0 Å². The topological polar surface area (TPSA) is 80.4 Å². The number of carbonyl (C=O) groups excluding carboxylic acids is 1. The van der Waals surface area contributed by atoms with Gasteiger partial charge in [-0.05, 0) is 23.9 Å². The molecule has 2 aromatic rings. The number of rotatable bonds is 3. The molecule has 5 nitrogen and oxygen atoms in total. The Balaban J connectivity index is 2.01. The third-order valence-electron chi connectivity index (χ3n) is 2.29. The Morgan fingerprint density at radius 2 is 2.44 bits per heavy atom. The molecule has 0 unspecified atom stereocenters. The number of nitrogen functional groups attached to an aromatic ring is 1. The maximum absolute atomic E-state index is 11.8. The molecular weight excluding hydrogens is 248 g/mol. The standard InChI is InChI=1S/C12H12N4OS/c1-8-7-18-11(10(8)13)12(17)16-15-6-9-3-2-4-14-5-9/h2-7H,13H2,1H3,(H,16,17)/b15-6+. The second-order valence-electron chi connectivity index (χ2n) is 3.65. The third-order valence-corrected chi connectivity index (χ3v) is 3.41. The Bertz CT molecular complexity index is 577. The van der Waals surface area contributed by atoms with Crippen LogP contribution >= 0.6 is 11.3 Å². The molecule has 0 atom stereocenters. The number of hydrogen-bond donors (Lipinski definition) is 2. The van der Waals surface area contributed by atoms with Gasteiger partial charge in [0.2, 0.25) is 0 Å². The van der Waals surface area contributed by atoms with Gasteiger partial charge >= 0.3 is 0 Å². The van der Waals surface area contributed by atoms with Crippen molar-refractivity contribution in [3.8, 4) is 0 Å². The summed E-state index contributed by atoms with van der Waals surface area (Å²) in [6.07, 6.45) is 4.85. The van der Waals surface area contributed by atoms with E-state index in [1.165, 1.54) is 17.6 Å². The lowest BCUT2D eigenvalue weighted by molar-refractivity contribution is 0.0960. The molecule has 0 aliphatic carbocycles. The number of hydrogen-bond acceptors (Lipinski definition) is 5. The predicted molar refractivity (Wildman–Crippen MR) is 72.8 cm³/mol. The van der Waals surface area contributed by atoms with Crippen LogP contribution < -0.4 is 11.2 Å². The average molecular weight is 260 g/mol. The first-order valence-corrected chi connectivity index (χ1v) is 6.13. The Morgan fingerprint density at radius 1 is 1.61 bits per heavy atom. The first kappa shape index (κ1) is 12.3. The quantitative estimate of drug-likeness (QED) is 0.652. The fourth-order valence-corrected chi connectivity index (χ4v) is 2.16. The molecule has 2 rings (SSSR count). The summed E-state index contributed by atoms with van der Waals surface area (Å²) in [5.74, 6) is -0.300. The minimum atomic E-state index is -0.300. The first-order chi connectivity index (χ1) is 8.68. The number of aryl methyl sites for hydroxylation is 1. The van der Waals surface area contributed by atoms with Crippen molar-refractivity contribution in [1.82, 2.24) is 10.4 Å². The number of nitrogens with zero attached hydrogens (tertiary/aromatic N) is 2. The molecule has 0 fully saturated rings. The van der Waals surface area contributed by atoms with Gasteiger partial charge in [-0.25, -0.2) is 5.43 Å². The van der Waals surface area contributed by atoms with Gasteiger partial charge in [-0.15, -0.1) is 11.3 Å². The van der Waals surface area contributed by atoms with Gasteiger partial charge in [0.25, 0.3) is 5.91 Å². The van der Waals surface area contributed by atoms with Gasteiger partial charge in [0, 0.05) is 18.0 Å². The van der Waals surface area contributed by atoms with Crippen molar-refractivity contribution in [2.24, 2.45) is 5.10 Å². The molecule has 92 valence electrons. The van der Waals surface area contributed by atoms with E-state index in [-0.39, 0.29) is 5.91 Å². The number of carbonyl (C=O) groups is 1. The van der Waals surface area contributed by atoms with Gasteiger partial charge in [0.15, 0.2) is 0 Å². The molecular formula is C12H12N4OS. The molecule has 2 aromatic heterocycles. The second kappa shape index (κ2) is 5.42. The van der Waals surface area contributed by atoms with Gasteiger partial charge in [-0.2, -0.15) is 5.10 Å². The van der Waals surface area contributed by atoms with Gasteiger partial charge in [-0.1, -0.05) is 6.07 Å². The molecule has 0 saturated carbocycles. The molecule has 0 radical (unpaired) electrons. The number of aromatic nitrogens is 1. The number of hydrazone groups is 1. The number of anilines is 1. The number of pyridine rings is 1. The highest BCUT2D eigenvalue weighted by atomic mass is 32.1. The summed E-state index contributed by atoms with van der Waals surface area (Å²) in [5.41, 5.74) is 10.4. The van der Waals surface area contributed by atoms with Crippen LogP contribution in [0.15, 0.2) is 35.0 Å². The Labute approximate surface area is 108 Å². The molecule has 18 heavy (non-hydrogen) atoms. The van der Waals surface area contributed by atoms with Crippen molar-refractivity contribution >= 4 is 29.1 Å². The third kappa shape index (κ3) is 2.72. The monoisotopic (exact) mass is 260 g/mol. The van der Waals surface area contributed by atoms with Crippen LogP contribution in [-0.2, 0) is 0 Å². The fourth-order valence-electron chi connectivity index (χ4n) is 1.30. The highest BCUT2D eigenvalue weighted by molar-refractivity contribution is 7.12. The summed E-state index contributed by atoms with van der Waals surface area (Å²) < 4.78 is 0. The maximum atomic E-state index is 11.8. The summed E-state index contributed by atoms with van der Waals surface area (Å²) in [7, 11) is 0. The van der Waals surface area contributed by atoms with Gasteiger partial charge in [0.1, 0.15) is 4.88 Å². The summed E-state index contributed by atoms with van der Waals surface area (Å²) in [6, 6.07) is 3.64. The highest BCUT2D eigenvalue weighted by Gasteiger charge is 2.12. The molecule has 6 heteroatoms. The normalized spacial score (nSPS) is 10.7.